The van der Waals surface area contributed by atoms with Crippen molar-refractivity contribution < 1.29 is 38.2 Å². The molecule has 4 rings (SSSR count). The molecule has 10 heteroatoms. The number of carbonyl (C=O) groups excluding carboxylic acids is 5. The van der Waals surface area contributed by atoms with Crippen LogP contribution in [-0.4, -0.2) is 66.9 Å². The molecule has 0 spiro atoms. The molecule has 1 fully saturated rings. The molecule has 0 unspecified atom stereocenters. The van der Waals surface area contributed by atoms with E-state index in [4.69, 9.17) is 14.2 Å². The van der Waals surface area contributed by atoms with E-state index < -0.39 is 59.4 Å². The number of rotatable bonds is 5. The van der Waals surface area contributed by atoms with Crippen molar-refractivity contribution in [1.29, 1.82) is 0 Å². The van der Waals surface area contributed by atoms with Crippen LogP contribution in [0.5, 0.6) is 0 Å². The number of nitrogens with one attached hydrogen (secondary N) is 1. The molecule has 3 heterocycles. The first-order valence-electron chi connectivity index (χ1n) is 10.9. The fourth-order valence-corrected chi connectivity index (χ4v) is 5.49. The summed E-state index contributed by atoms with van der Waals surface area (Å²) < 4.78 is 14.6. The van der Waals surface area contributed by atoms with Crippen LogP contribution in [0.3, 0.4) is 0 Å². The van der Waals surface area contributed by atoms with Gasteiger partial charge in [0, 0.05) is 28.9 Å². The van der Waals surface area contributed by atoms with Crippen LogP contribution in [0.4, 0.5) is 0 Å². The molecule has 2 aromatic rings. The zero-order valence-corrected chi connectivity index (χ0v) is 19.3. The summed E-state index contributed by atoms with van der Waals surface area (Å²) in [6, 6.07) is 5.90. The number of nitrogens with zero attached hydrogens (tertiary/aromatic N) is 1. The van der Waals surface area contributed by atoms with Crippen molar-refractivity contribution in [1.82, 2.24) is 9.88 Å². The number of benzene rings is 1. The lowest BCUT2D eigenvalue weighted by molar-refractivity contribution is -0.173. The number of aromatic nitrogens is 1. The predicted molar refractivity (Wildman–Crippen MR) is 117 cm³/mol. The average Bonchev–Trinajstić information content (AvgIpc) is 3.21. The minimum Gasteiger partial charge on any atom is -0.468 e. The first kappa shape index (κ1) is 23.5. The number of esters is 3. The van der Waals surface area contributed by atoms with Gasteiger partial charge < -0.3 is 24.1 Å². The molecule has 1 saturated heterocycles. The Morgan fingerprint density at radius 1 is 1.03 bits per heavy atom. The van der Waals surface area contributed by atoms with E-state index in [1.807, 2.05) is 24.3 Å². The van der Waals surface area contributed by atoms with Crippen LogP contribution >= 0.6 is 0 Å². The van der Waals surface area contributed by atoms with Gasteiger partial charge in [0.05, 0.1) is 27.4 Å². The topological polar surface area (TPSA) is 132 Å². The number of para-hydroxylation sites is 1. The highest BCUT2D eigenvalue weighted by Gasteiger charge is 2.56. The van der Waals surface area contributed by atoms with Gasteiger partial charge in [0.2, 0.25) is 5.91 Å². The molecule has 0 saturated carbocycles. The second-order valence-corrected chi connectivity index (χ2v) is 8.58. The Bertz CT molecular complexity index is 1170. The summed E-state index contributed by atoms with van der Waals surface area (Å²) in [6.07, 6.45) is 0.277. The number of ketones is 1. The van der Waals surface area contributed by atoms with Gasteiger partial charge in [-0.3, -0.25) is 19.2 Å². The van der Waals surface area contributed by atoms with Crippen molar-refractivity contribution in [3.05, 3.63) is 35.5 Å². The summed E-state index contributed by atoms with van der Waals surface area (Å²) in [5, 5.41) is 0.904. The molecule has 34 heavy (non-hydrogen) atoms. The number of piperidine rings is 1. The van der Waals surface area contributed by atoms with Crippen LogP contribution in [0.25, 0.3) is 10.9 Å². The Morgan fingerprint density at radius 3 is 2.26 bits per heavy atom. The lowest BCUT2D eigenvalue weighted by Gasteiger charge is -2.48. The highest BCUT2D eigenvalue weighted by atomic mass is 16.5. The van der Waals surface area contributed by atoms with E-state index in [1.54, 1.807) is 0 Å². The van der Waals surface area contributed by atoms with Crippen molar-refractivity contribution in [2.45, 2.75) is 31.8 Å². The summed E-state index contributed by atoms with van der Waals surface area (Å²) in [5.41, 5.74) is 2.39. The molecule has 0 aliphatic carbocycles. The van der Waals surface area contributed by atoms with Gasteiger partial charge in [-0.25, -0.2) is 4.79 Å². The van der Waals surface area contributed by atoms with Gasteiger partial charge in [0.1, 0.15) is 17.7 Å². The molecule has 0 bridgehead atoms. The van der Waals surface area contributed by atoms with E-state index in [0.29, 0.717) is 5.69 Å². The third kappa shape index (κ3) is 3.53. The van der Waals surface area contributed by atoms with Gasteiger partial charge in [0.15, 0.2) is 5.92 Å². The summed E-state index contributed by atoms with van der Waals surface area (Å²) in [6.45, 7) is 1.23. The Balaban J connectivity index is 1.90. The number of Topliss-reactive ketones (excluding diaryl/α,β-unsaturated/α-hetero) is 1. The molecule has 0 radical (unpaired) electrons. The van der Waals surface area contributed by atoms with Gasteiger partial charge in [-0.05, 0) is 25.0 Å². The predicted octanol–water partition coefficient (Wildman–Crippen LogP) is 1.32. The van der Waals surface area contributed by atoms with Crippen LogP contribution in [0.2, 0.25) is 0 Å². The van der Waals surface area contributed by atoms with Crippen molar-refractivity contribution in [2.75, 3.05) is 21.3 Å². The van der Waals surface area contributed by atoms with Gasteiger partial charge >= 0.3 is 17.9 Å². The van der Waals surface area contributed by atoms with Crippen LogP contribution in [0.1, 0.15) is 30.6 Å². The smallest absolute Gasteiger partial charge is 0.328 e. The number of fused-ring (bicyclic) bond motifs is 5. The summed E-state index contributed by atoms with van der Waals surface area (Å²) in [7, 11) is 3.50. The lowest BCUT2D eigenvalue weighted by Crippen LogP contribution is -2.60. The molecule has 180 valence electrons. The molecule has 1 N–H and O–H groups in total. The molecular formula is C24H26N2O8. The third-order valence-electron chi connectivity index (χ3n) is 6.94. The van der Waals surface area contributed by atoms with Gasteiger partial charge in [0.25, 0.3) is 0 Å². The Kier molecular flexibility index (Phi) is 6.16. The van der Waals surface area contributed by atoms with Gasteiger partial charge in [-0.2, -0.15) is 0 Å². The molecule has 10 nitrogen and oxygen atoms in total. The van der Waals surface area contributed by atoms with Crippen molar-refractivity contribution in [3.8, 4) is 0 Å². The molecule has 2 aliphatic heterocycles. The average molecular weight is 470 g/mol. The molecule has 2 aliphatic rings. The van der Waals surface area contributed by atoms with E-state index in [2.05, 4.69) is 4.98 Å². The van der Waals surface area contributed by atoms with Gasteiger partial charge in [-0.1, -0.05) is 18.2 Å². The van der Waals surface area contributed by atoms with E-state index in [0.717, 1.165) is 30.7 Å². The zero-order valence-electron chi connectivity index (χ0n) is 19.3. The van der Waals surface area contributed by atoms with E-state index in [-0.39, 0.29) is 12.8 Å². The van der Waals surface area contributed by atoms with Crippen LogP contribution in [0.15, 0.2) is 24.3 Å². The molecule has 1 amide bonds. The largest absolute Gasteiger partial charge is 0.468 e. The quantitative estimate of drug-likeness (QED) is 0.393. The van der Waals surface area contributed by atoms with Gasteiger partial charge in [-0.15, -0.1) is 0 Å². The molecule has 4 atom stereocenters. The minimum absolute atomic E-state index is 0.0676. The molecule has 1 aromatic heterocycles. The van der Waals surface area contributed by atoms with Crippen LogP contribution in [0, 0.1) is 17.8 Å². The molecule has 1 aromatic carbocycles. The van der Waals surface area contributed by atoms with Crippen molar-refractivity contribution >= 4 is 40.5 Å². The monoisotopic (exact) mass is 470 g/mol. The van der Waals surface area contributed by atoms with E-state index >= 15 is 0 Å². The maximum absolute atomic E-state index is 13.8. The highest BCUT2D eigenvalue weighted by Crippen LogP contribution is 2.48. The summed E-state index contributed by atoms with van der Waals surface area (Å²) in [5.74, 6) is -7.33. The maximum atomic E-state index is 13.8. The van der Waals surface area contributed by atoms with E-state index in [1.165, 1.54) is 18.9 Å². The van der Waals surface area contributed by atoms with Crippen LogP contribution < -0.4 is 0 Å². The fourth-order valence-electron chi connectivity index (χ4n) is 5.49. The number of hydrogen-bond acceptors (Lipinski definition) is 8. The normalized spacial score (nSPS) is 23.8. The highest BCUT2D eigenvalue weighted by molar-refractivity contribution is 6.05. The molecular weight excluding hydrogens is 444 g/mol. The first-order valence-corrected chi connectivity index (χ1v) is 10.9. The Morgan fingerprint density at radius 2 is 1.68 bits per heavy atom. The number of hydrogen-bond donors (Lipinski definition) is 1. The zero-order chi connectivity index (χ0) is 24.7. The fraction of sp³-hybridized carbons (Fsp3) is 0.458. The Hall–Kier alpha value is -3.69. The number of ether oxygens (including phenoxy) is 3. The summed E-state index contributed by atoms with van der Waals surface area (Å²) in [4.78, 5) is 69.2. The second-order valence-electron chi connectivity index (χ2n) is 8.58. The number of H-pyrrole nitrogens is 1. The number of methoxy groups -OCH3 is 3. The van der Waals surface area contributed by atoms with Crippen molar-refractivity contribution in [3.63, 3.8) is 0 Å². The first-order chi connectivity index (χ1) is 16.2. The number of aromatic amines is 1. The van der Waals surface area contributed by atoms with E-state index in [9.17, 15) is 24.0 Å². The van der Waals surface area contributed by atoms with Crippen molar-refractivity contribution in [2.24, 2.45) is 17.8 Å². The second kappa shape index (κ2) is 8.92. The lowest BCUT2D eigenvalue weighted by atomic mass is 9.69. The number of carbonyl (C=O) groups is 5. The standard InChI is InChI=1S/C24H26N2O8/c1-11(27)18-14(19(23(30)33-3)24(31)34-4)10-16-20-13(12-7-5-6-8-15(12)25-20)9-17(22(29)32-2)26(16)21(18)28/h5-8,14,16-19,25H,9-10H2,1-4H3/t14-,16+,17+,18+/m1/s1. The summed E-state index contributed by atoms with van der Waals surface area (Å²) >= 11 is 0. The minimum atomic E-state index is -1.47. The SMILES string of the molecule is COC(=O)C(C(=O)OC)[C@@H]1C[C@H]2c3[nH]c4ccccc4c3C[C@@H](C(=O)OC)N2C(=O)[C@H]1C(C)=O. The Labute approximate surface area is 195 Å². The third-order valence-corrected chi connectivity index (χ3v) is 6.94. The van der Waals surface area contributed by atoms with Crippen LogP contribution in [-0.2, 0) is 44.6 Å². The maximum Gasteiger partial charge on any atom is 0.328 e. The number of amides is 1.